The van der Waals surface area contributed by atoms with Gasteiger partial charge in [-0.1, -0.05) is 37.6 Å². The first-order chi connectivity index (χ1) is 12.4. The molecular weight excluding hydrogens is 348 g/mol. The summed E-state index contributed by atoms with van der Waals surface area (Å²) in [7, 11) is 0. The minimum absolute atomic E-state index is 0.359. The summed E-state index contributed by atoms with van der Waals surface area (Å²) in [5.74, 6) is -1.36. The topological polar surface area (TPSA) is 34.0 Å². The molecule has 0 radical (unpaired) electrons. The lowest BCUT2D eigenvalue weighted by atomic mass is 10.1. The SMILES string of the molecule is CCCc1ccc(C=NN=Cc2ccc(OCC(F)(F)F)c(F)c2)cc1. The van der Waals surface area contributed by atoms with Gasteiger partial charge in [0.15, 0.2) is 18.2 Å². The Morgan fingerprint density at radius 2 is 1.58 bits per heavy atom. The highest BCUT2D eigenvalue weighted by Crippen LogP contribution is 2.21. The maximum Gasteiger partial charge on any atom is 0.422 e. The van der Waals surface area contributed by atoms with Crippen molar-refractivity contribution in [2.75, 3.05) is 6.61 Å². The van der Waals surface area contributed by atoms with Crippen LogP contribution in [0.15, 0.2) is 52.7 Å². The third-order valence-corrected chi connectivity index (χ3v) is 3.35. The van der Waals surface area contributed by atoms with Crippen molar-refractivity contribution in [3.8, 4) is 5.75 Å². The molecule has 0 heterocycles. The van der Waals surface area contributed by atoms with E-state index < -0.39 is 24.3 Å². The van der Waals surface area contributed by atoms with Gasteiger partial charge in [-0.25, -0.2) is 4.39 Å². The molecule has 0 aliphatic carbocycles. The van der Waals surface area contributed by atoms with E-state index in [1.165, 1.54) is 17.8 Å². The van der Waals surface area contributed by atoms with Crippen LogP contribution in [-0.4, -0.2) is 25.2 Å². The summed E-state index contributed by atoms with van der Waals surface area (Å²) in [5.41, 5.74) is 2.48. The average molecular weight is 366 g/mol. The molecule has 0 aromatic heterocycles. The van der Waals surface area contributed by atoms with Gasteiger partial charge in [-0.2, -0.15) is 23.4 Å². The Labute approximate surface area is 149 Å². The smallest absolute Gasteiger partial charge is 0.422 e. The summed E-state index contributed by atoms with van der Waals surface area (Å²) < 4.78 is 54.3. The van der Waals surface area contributed by atoms with Crippen LogP contribution in [0, 0.1) is 5.82 Å². The Balaban J connectivity index is 1.94. The fraction of sp³-hybridized carbons (Fsp3) is 0.263. The predicted molar refractivity (Wildman–Crippen MR) is 93.6 cm³/mol. The first-order valence-electron chi connectivity index (χ1n) is 8.02. The molecule has 2 aromatic rings. The van der Waals surface area contributed by atoms with Gasteiger partial charge >= 0.3 is 6.18 Å². The van der Waals surface area contributed by atoms with Crippen LogP contribution in [0.3, 0.4) is 0 Å². The third kappa shape index (κ3) is 6.66. The number of ether oxygens (including phenoxy) is 1. The van der Waals surface area contributed by atoms with Crippen molar-refractivity contribution in [2.24, 2.45) is 10.2 Å². The Morgan fingerprint density at radius 3 is 2.15 bits per heavy atom. The fourth-order valence-electron chi connectivity index (χ4n) is 2.13. The van der Waals surface area contributed by atoms with E-state index in [1.807, 2.05) is 24.3 Å². The number of benzene rings is 2. The normalized spacial score (nSPS) is 12.2. The van der Waals surface area contributed by atoms with Gasteiger partial charge in [-0.05, 0) is 41.3 Å². The summed E-state index contributed by atoms with van der Waals surface area (Å²) in [4.78, 5) is 0. The van der Waals surface area contributed by atoms with Crippen LogP contribution in [0.1, 0.15) is 30.0 Å². The number of halogens is 4. The number of nitrogens with zero attached hydrogens (tertiary/aromatic N) is 2. The van der Waals surface area contributed by atoms with E-state index in [0.29, 0.717) is 5.56 Å². The van der Waals surface area contributed by atoms with Crippen LogP contribution in [0.4, 0.5) is 17.6 Å². The lowest BCUT2D eigenvalue weighted by Crippen LogP contribution is -2.19. The Kier molecular flexibility index (Phi) is 6.89. The number of alkyl halides is 3. The Hall–Kier alpha value is -2.70. The maximum absolute atomic E-state index is 13.7. The van der Waals surface area contributed by atoms with E-state index in [4.69, 9.17) is 0 Å². The van der Waals surface area contributed by atoms with Crippen molar-refractivity contribution in [3.05, 3.63) is 65.0 Å². The number of hydrogen-bond donors (Lipinski definition) is 0. The van der Waals surface area contributed by atoms with Crippen molar-refractivity contribution in [3.63, 3.8) is 0 Å². The zero-order chi connectivity index (χ0) is 19.0. The molecule has 138 valence electrons. The molecule has 26 heavy (non-hydrogen) atoms. The first kappa shape index (κ1) is 19.6. The summed E-state index contributed by atoms with van der Waals surface area (Å²) in [6, 6.07) is 11.4. The fourth-order valence-corrected chi connectivity index (χ4v) is 2.13. The van der Waals surface area contributed by atoms with Gasteiger partial charge < -0.3 is 4.74 Å². The van der Waals surface area contributed by atoms with Crippen molar-refractivity contribution in [1.29, 1.82) is 0 Å². The highest BCUT2D eigenvalue weighted by molar-refractivity contribution is 5.82. The van der Waals surface area contributed by atoms with Crippen molar-refractivity contribution in [1.82, 2.24) is 0 Å². The molecular formula is C19H18F4N2O. The molecule has 0 N–H and O–H groups in total. The van der Waals surface area contributed by atoms with Crippen molar-refractivity contribution in [2.45, 2.75) is 25.9 Å². The predicted octanol–water partition coefficient (Wildman–Crippen LogP) is 5.17. The number of hydrogen-bond acceptors (Lipinski definition) is 3. The maximum atomic E-state index is 13.7. The first-order valence-corrected chi connectivity index (χ1v) is 8.02. The number of rotatable bonds is 7. The van der Waals surface area contributed by atoms with Gasteiger partial charge in [-0.15, -0.1) is 0 Å². The lowest BCUT2D eigenvalue weighted by Gasteiger charge is -2.09. The van der Waals surface area contributed by atoms with Gasteiger partial charge in [0, 0.05) is 0 Å². The third-order valence-electron chi connectivity index (χ3n) is 3.35. The molecule has 0 spiro atoms. The van der Waals surface area contributed by atoms with Crippen LogP contribution in [0.2, 0.25) is 0 Å². The molecule has 2 rings (SSSR count). The summed E-state index contributed by atoms with van der Waals surface area (Å²) >= 11 is 0. The minimum atomic E-state index is -4.52. The zero-order valence-electron chi connectivity index (χ0n) is 14.1. The Bertz CT molecular complexity index is 768. The van der Waals surface area contributed by atoms with E-state index in [9.17, 15) is 17.6 Å². The van der Waals surface area contributed by atoms with E-state index in [2.05, 4.69) is 21.9 Å². The monoisotopic (exact) mass is 366 g/mol. The van der Waals surface area contributed by atoms with Gasteiger partial charge in [0.05, 0.1) is 12.4 Å². The quantitative estimate of drug-likeness (QED) is 0.378. The van der Waals surface area contributed by atoms with Crippen LogP contribution in [-0.2, 0) is 6.42 Å². The van der Waals surface area contributed by atoms with Gasteiger partial charge in [0.2, 0.25) is 0 Å². The average Bonchev–Trinajstić information content (AvgIpc) is 2.59. The van der Waals surface area contributed by atoms with Crippen molar-refractivity contribution >= 4 is 12.4 Å². The molecule has 2 aromatic carbocycles. The second kappa shape index (κ2) is 9.12. The summed E-state index contributed by atoms with van der Waals surface area (Å²) in [6.07, 6.45) is 0.441. The molecule has 0 bridgehead atoms. The van der Waals surface area contributed by atoms with E-state index >= 15 is 0 Å². The molecule has 0 amide bonds. The molecule has 7 heteroatoms. The zero-order valence-corrected chi connectivity index (χ0v) is 14.1. The summed E-state index contributed by atoms with van der Waals surface area (Å²) in [6.45, 7) is 0.570. The lowest BCUT2D eigenvalue weighted by molar-refractivity contribution is -0.153. The molecule has 3 nitrogen and oxygen atoms in total. The minimum Gasteiger partial charge on any atom is -0.481 e. The van der Waals surface area contributed by atoms with Crippen LogP contribution in [0.25, 0.3) is 0 Å². The van der Waals surface area contributed by atoms with E-state index in [0.717, 1.165) is 30.5 Å². The molecule has 0 saturated carbocycles. The van der Waals surface area contributed by atoms with Crippen LogP contribution in [0.5, 0.6) is 5.75 Å². The van der Waals surface area contributed by atoms with Crippen LogP contribution >= 0.6 is 0 Å². The molecule has 0 unspecified atom stereocenters. The Morgan fingerprint density at radius 1 is 0.962 bits per heavy atom. The molecule has 0 aliphatic rings. The standard InChI is InChI=1S/C19H18F4N2O/c1-2-3-14-4-6-15(7-5-14)11-24-25-12-16-8-9-18(17(20)10-16)26-13-19(21,22)23/h4-12H,2-3,13H2,1H3. The molecule has 0 atom stereocenters. The largest absolute Gasteiger partial charge is 0.481 e. The van der Waals surface area contributed by atoms with Gasteiger partial charge in [-0.3, -0.25) is 0 Å². The highest BCUT2D eigenvalue weighted by atomic mass is 19.4. The summed E-state index contributed by atoms with van der Waals surface area (Å²) in [5, 5.41) is 7.68. The second-order valence-electron chi connectivity index (χ2n) is 5.57. The number of aryl methyl sites for hydroxylation is 1. The van der Waals surface area contributed by atoms with Gasteiger partial charge in [0.1, 0.15) is 0 Å². The molecule has 0 fully saturated rings. The van der Waals surface area contributed by atoms with E-state index in [1.54, 1.807) is 6.21 Å². The highest BCUT2D eigenvalue weighted by Gasteiger charge is 2.28. The van der Waals surface area contributed by atoms with Crippen LogP contribution < -0.4 is 4.74 Å². The second-order valence-corrected chi connectivity index (χ2v) is 5.57. The molecule has 0 saturated heterocycles. The van der Waals surface area contributed by atoms with Crippen molar-refractivity contribution < 1.29 is 22.3 Å². The van der Waals surface area contributed by atoms with Gasteiger partial charge in [0.25, 0.3) is 0 Å². The van der Waals surface area contributed by atoms with E-state index in [-0.39, 0.29) is 0 Å². The molecule has 0 aliphatic heterocycles.